The molecule has 0 radical (unpaired) electrons. The lowest BCUT2D eigenvalue weighted by Gasteiger charge is -2.46. The van der Waals surface area contributed by atoms with Crippen molar-refractivity contribution in [2.24, 2.45) is 11.8 Å². The lowest BCUT2D eigenvalue weighted by Crippen LogP contribution is -2.41. The second kappa shape index (κ2) is 7.64. The minimum Gasteiger partial charge on any atom is -0.478 e. The van der Waals surface area contributed by atoms with Crippen LogP contribution in [0, 0.1) is 18.8 Å². The van der Waals surface area contributed by atoms with Crippen LogP contribution in [0.25, 0.3) is 21.5 Å². The molecule has 2 bridgehead atoms. The quantitative estimate of drug-likeness (QED) is 0.280. The van der Waals surface area contributed by atoms with E-state index < -0.39 is 17.8 Å². The van der Waals surface area contributed by atoms with Gasteiger partial charge in [0.1, 0.15) is 0 Å². The molecular weight excluding hydrogens is 486 g/mol. The fourth-order valence-corrected chi connectivity index (χ4v) is 7.43. The number of fused-ring (bicyclic) bond motifs is 2. The first-order valence-corrected chi connectivity index (χ1v) is 13.2. The predicted molar refractivity (Wildman–Crippen MR) is 149 cm³/mol. The van der Waals surface area contributed by atoms with Crippen LogP contribution in [0.3, 0.4) is 0 Å². The van der Waals surface area contributed by atoms with E-state index in [4.69, 9.17) is 0 Å². The SMILES string of the molecule is Cc1cc(C(=O)O)ccc1N1C(=O)[C@@H]2C3c4cc5ccccc5cc4C(c4cc5ccccc5cc43)[C@@H]2C1=O. The van der Waals surface area contributed by atoms with Gasteiger partial charge >= 0.3 is 5.97 Å². The second-order valence-corrected chi connectivity index (χ2v) is 11.0. The number of carboxylic acid groups (broad SMARTS) is 1. The average molecular weight is 510 g/mol. The standard InChI is InChI=1S/C34H23NO4/c1-17-12-22(34(38)39)10-11-27(17)35-32(36)30-28-23-13-18-6-2-3-7-19(18)14-24(23)29(31(30)33(35)37)26-16-21-9-5-4-8-20(21)15-25(26)28/h2-16,28-31H,1H3,(H,38,39)/t28?,29?,30-,31+. The largest absolute Gasteiger partial charge is 0.478 e. The summed E-state index contributed by atoms with van der Waals surface area (Å²) in [6.45, 7) is 1.75. The Hall–Kier alpha value is -4.77. The van der Waals surface area contributed by atoms with E-state index in [0.717, 1.165) is 43.8 Å². The molecule has 0 aromatic heterocycles. The van der Waals surface area contributed by atoms with Crippen LogP contribution in [-0.2, 0) is 9.59 Å². The van der Waals surface area contributed by atoms with Gasteiger partial charge in [0.2, 0.25) is 11.8 Å². The predicted octanol–water partition coefficient (Wildman–Crippen LogP) is 6.40. The first-order valence-electron chi connectivity index (χ1n) is 13.2. The summed E-state index contributed by atoms with van der Waals surface area (Å²) in [5.41, 5.74) is 5.70. The highest BCUT2D eigenvalue weighted by atomic mass is 16.4. The van der Waals surface area contributed by atoms with E-state index in [1.54, 1.807) is 13.0 Å². The van der Waals surface area contributed by atoms with Crippen molar-refractivity contribution in [2.75, 3.05) is 4.90 Å². The zero-order chi connectivity index (χ0) is 26.6. The summed E-state index contributed by atoms with van der Waals surface area (Å²) < 4.78 is 0. The van der Waals surface area contributed by atoms with Gasteiger partial charge in [-0.25, -0.2) is 9.69 Å². The molecule has 5 heteroatoms. The number of anilines is 1. The molecule has 1 N–H and O–H groups in total. The summed E-state index contributed by atoms with van der Waals surface area (Å²) in [6.07, 6.45) is 0. The first kappa shape index (κ1) is 22.2. The molecule has 2 amide bonds. The molecule has 5 nitrogen and oxygen atoms in total. The fourth-order valence-electron chi connectivity index (χ4n) is 7.43. The van der Waals surface area contributed by atoms with Gasteiger partial charge in [0.05, 0.1) is 23.1 Å². The number of hydrogen-bond donors (Lipinski definition) is 1. The van der Waals surface area contributed by atoms with Crippen LogP contribution < -0.4 is 4.90 Å². The average Bonchev–Trinajstić information content (AvgIpc) is 3.20. The van der Waals surface area contributed by atoms with Crippen molar-refractivity contribution in [3.8, 4) is 0 Å². The van der Waals surface area contributed by atoms with Gasteiger partial charge in [-0.2, -0.15) is 0 Å². The van der Waals surface area contributed by atoms with E-state index in [-0.39, 0.29) is 29.2 Å². The van der Waals surface area contributed by atoms with E-state index >= 15 is 0 Å². The number of carbonyl (C=O) groups excluding carboxylic acids is 2. The van der Waals surface area contributed by atoms with E-state index in [1.165, 1.54) is 17.0 Å². The van der Waals surface area contributed by atoms with Crippen molar-refractivity contribution < 1.29 is 19.5 Å². The summed E-state index contributed by atoms with van der Waals surface area (Å²) in [5.74, 6) is -2.95. The van der Waals surface area contributed by atoms with Crippen LogP contribution in [0.1, 0.15) is 50.0 Å². The van der Waals surface area contributed by atoms with Gasteiger partial charge in [0, 0.05) is 11.8 Å². The van der Waals surface area contributed by atoms with E-state index in [9.17, 15) is 19.5 Å². The Balaban J connectivity index is 1.37. The Morgan fingerprint density at radius 3 is 1.41 bits per heavy atom. The summed E-state index contributed by atoms with van der Waals surface area (Å²) in [7, 11) is 0. The van der Waals surface area contributed by atoms with Crippen LogP contribution >= 0.6 is 0 Å². The minimum absolute atomic E-state index is 0.131. The molecule has 0 spiro atoms. The van der Waals surface area contributed by atoms with Crippen molar-refractivity contribution in [3.63, 3.8) is 0 Å². The molecule has 1 heterocycles. The third-order valence-corrected chi connectivity index (χ3v) is 9.04. The molecule has 4 aliphatic rings. The number of aryl methyl sites for hydroxylation is 1. The van der Waals surface area contributed by atoms with Crippen LogP contribution in [0.15, 0.2) is 91.0 Å². The summed E-state index contributed by atoms with van der Waals surface area (Å²) in [6, 6.07) is 29.9. The lowest BCUT2D eigenvalue weighted by molar-refractivity contribution is -0.122. The van der Waals surface area contributed by atoms with Gasteiger partial charge < -0.3 is 5.11 Å². The fraction of sp³-hybridized carbons (Fsp3) is 0.147. The highest BCUT2D eigenvalue weighted by Gasteiger charge is 2.62. The topological polar surface area (TPSA) is 74.7 Å². The Labute approximate surface area is 224 Å². The highest BCUT2D eigenvalue weighted by molar-refractivity contribution is 6.24. The van der Waals surface area contributed by atoms with Gasteiger partial charge in [-0.05, 0) is 74.5 Å². The molecule has 39 heavy (non-hydrogen) atoms. The van der Waals surface area contributed by atoms with Gasteiger partial charge in [-0.15, -0.1) is 0 Å². The number of benzene rings is 5. The van der Waals surface area contributed by atoms with Crippen LogP contribution in [-0.4, -0.2) is 22.9 Å². The Morgan fingerprint density at radius 2 is 1.05 bits per heavy atom. The van der Waals surface area contributed by atoms with Crippen LogP contribution in [0.4, 0.5) is 5.69 Å². The molecule has 9 rings (SSSR count). The number of amides is 2. The Bertz CT molecular complexity index is 1750. The van der Waals surface area contributed by atoms with Gasteiger partial charge in [0.15, 0.2) is 0 Å². The minimum atomic E-state index is -1.04. The second-order valence-electron chi connectivity index (χ2n) is 11.0. The van der Waals surface area contributed by atoms with Crippen molar-refractivity contribution in [1.82, 2.24) is 0 Å². The maximum atomic E-state index is 14.2. The van der Waals surface area contributed by atoms with Crippen molar-refractivity contribution in [2.45, 2.75) is 18.8 Å². The summed E-state index contributed by atoms with van der Waals surface area (Å²) >= 11 is 0. The molecule has 0 saturated carbocycles. The van der Waals surface area contributed by atoms with Gasteiger partial charge in [-0.3, -0.25) is 9.59 Å². The van der Waals surface area contributed by atoms with Gasteiger partial charge in [-0.1, -0.05) is 72.8 Å². The molecule has 3 aliphatic carbocycles. The highest BCUT2D eigenvalue weighted by Crippen LogP contribution is 2.62. The lowest BCUT2D eigenvalue weighted by atomic mass is 9.54. The smallest absolute Gasteiger partial charge is 0.335 e. The molecule has 5 aromatic carbocycles. The molecule has 188 valence electrons. The van der Waals surface area contributed by atoms with Crippen molar-refractivity contribution in [1.29, 1.82) is 0 Å². The third-order valence-electron chi connectivity index (χ3n) is 9.04. The number of aromatic carboxylic acids is 1. The Kier molecular flexibility index (Phi) is 4.35. The maximum absolute atomic E-state index is 14.2. The molecule has 1 fully saturated rings. The van der Waals surface area contributed by atoms with E-state index in [0.29, 0.717) is 11.3 Å². The molecule has 5 aromatic rings. The van der Waals surface area contributed by atoms with Crippen LogP contribution in [0.5, 0.6) is 0 Å². The third kappa shape index (κ3) is 2.87. The molecule has 2 atom stereocenters. The zero-order valence-electron chi connectivity index (χ0n) is 21.1. The zero-order valence-corrected chi connectivity index (χ0v) is 21.1. The molecule has 0 unspecified atom stereocenters. The monoisotopic (exact) mass is 509 g/mol. The van der Waals surface area contributed by atoms with Crippen molar-refractivity contribution in [3.05, 3.63) is 124 Å². The number of carbonyl (C=O) groups is 3. The Morgan fingerprint density at radius 1 is 0.641 bits per heavy atom. The molecule has 1 aliphatic heterocycles. The maximum Gasteiger partial charge on any atom is 0.335 e. The number of rotatable bonds is 2. The van der Waals surface area contributed by atoms with Crippen LogP contribution in [0.2, 0.25) is 0 Å². The number of carboxylic acids is 1. The number of nitrogens with zero attached hydrogens (tertiary/aromatic N) is 1. The normalized spacial score (nSPS) is 22.7. The summed E-state index contributed by atoms with van der Waals surface area (Å²) in [5, 5.41) is 13.9. The van der Waals surface area contributed by atoms with Crippen molar-refractivity contribution >= 4 is 45.0 Å². The van der Waals surface area contributed by atoms with Gasteiger partial charge in [0.25, 0.3) is 0 Å². The number of hydrogen-bond acceptors (Lipinski definition) is 3. The van der Waals surface area contributed by atoms with E-state index in [2.05, 4.69) is 48.5 Å². The number of imide groups is 1. The summed E-state index contributed by atoms with van der Waals surface area (Å²) in [4.78, 5) is 41.3. The first-order chi connectivity index (χ1) is 18.9. The van der Waals surface area contributed by atoms with E-state index in [1.807, 2.05) is 24.3 Å². The molecule has 1 saturated heterocycles. The molecular formula is C34H23NO4.